The number of hydrogen-bond acceptors (Lipinski definition) is 3. The van der Waals surface area contributed by atoms with Crippen LogP contribution in [-0.4, -0.2) is 26.0 Å². The van der Waals surface area contributed by atoms with Gasteiger partial charge in [0, 0.05) is 0 Å². The summed E-state index contributed by atoms with van der Waals surface area (Å²) in [6.45, 7) is 0. The van der Waals surface area contributed by atoms with E-state index in [2.05, 4.69) is 10.1 Å². The summed E-state index contributed by atoms with van der Waals surface area (Å²) < 4.78 is 1.77. The third kappa shape index (κ3) is 1.77. The molecule has 0 aliphatic heterocycles. The van der Waals surface area contributed by atoms with Gasteiger partial charge in [-0.15, -0.1) is 11.6 Å². The molecule has 4 nitrogen and oxygen atoms in total. The monoisotopic (exact) mass is 215 g/mol. The van der Waals surface area contributed by atoms with Gasteiger partial charge in [-0.1, -0.05) is 12.8 Å². The first-order valence-corrected chi connectivity index (χ1v) is 5.49. The van der Waals surface area contributed by atoms with Crippen LogP contribution in [0, 0.1) is 0 Å². The van der Waals surface area contributed by atoms with Crippen LogP contribution in [0.4, 0.5) is 0 Å². The summed E-state index contributed by atoms with van der Waals surface area (Å²) in [5.41, 5.74) is 0. The maximum absolute atomic E-state index is 9.83. The van der Waals surface area contributed by atoms with Crippen molar-refractivity contribution in [2.75, 3.05) is 0 Å². The summed E-state index contributed by atoms with van der Waals surface area (Å²) in [4.78, 5) is 4.05. The number of aliphatic hydroxyl groups excluding tert-OH is 1. The van der Waals surface area contributed by atoms with E-state index in [1.165, 1.54) is 6.33 Å². The quantitative estimate of drug-likeness (QED) is 0.761. The first-order chi connectivity index (χ1) is 6.83. The van der Waals surface area contributed by atoms with E-state index in [0.29, 0.717) is 5.88 Å². The highest BCUT2D eigenvalue weighted by molar-refractivity contribution is 6.16. The number of nitrogens with zero attached hydrogens (tertiary/aromatic N) is 3. The molecule has 0 bridgehead atoms. The predicted molar refractivity (Wildman–Crippen MR) is 53.1 cm³/mol. The molecule has 1 aliphatic carbocycles. The Hall–Kier alpha value is -0.610. The summed E-state index contributed by atoms with van der Waals surface area (Å²) in [6, 6.07) is 0.0694. The number of aliphatic hydroxyl groups is 1. The molecule has 5 heteroatoms. The molecule has 1 aromatic heterocycles. The van der Waals surface area contributed by atoms with Gasteiger partial charge in [0.1, 0.15) is 12.2 Å². The molecular formula is C9H14ClN3O. The molecule has 0 amide bonds. The van der Waals surface area contributed by atoms with Gasteiger partial charge in [-0.25, -0.2) is 9.67 Å². The molecule has 0 spiro atoms. The van der Waals surface area contributed by atoms with Crippen LogP contribution in [0.3, 0.4) is 0 Å². The minimum atomic E-state index is -0.299. The Morgan fingerprint density at radius 3 is 3.00 bits per heavy atom. The Morgan fingerprint density at radius 2 is 2.29 bits per heavy atom. The van der Waals surface area contributed by atoms with Crippen molar-refractivity contribution in [1.29, 1.82) is 0 Å². The molecule has 0 saturated heterocycles. The Bertz CT molecular complexity index is 302. The molecule has 2 atom stereocenters. The SMILES string of the molecule is OC1CCCCC1n1ncnc1CCl. The van der Waals surface area contributed by atoms with Crippen LogP contribution in [-0.2, 0) is 5.88 Å². The van der Waals surface area contributed by atoms with E-state index in [0.717, 1.165) is 31.5 Å². The molecule has 1 fully saturated rings. The topological polar surface area (TPSA) is 50.9 Å². The molecule has 1 aliphatic rings. The lowest BCUT2D eigenvalue weighted by molar-refractivity contribution is 0.0680. The van der Waals surface area contributed by atoms with Gasteiger partial charge in [0.05, 0.1) is 18.0 Å². The summed E-state index contributed by atoms with van der Waals surface area (Å²) in [7, 11) is 0. The molecule has 1 aromatic rings. The standard InChI is InChI=1S/C9H14ClN3O/c10-5-9-11-6-12-13(9)7-3-1-2-4-8(7)14/h6-8,14H,1-5H2. The van der Waals surface area contributed by atoms with Crippen molar-refractivity contribution in [3.63, 3.8) is 0 Å². The molecule has 2 rings (SSSR count). The lowest BCUT2D eigenvalue weighted by Crippen LogP contribution is -2.29. The number of alkyl halides is 1. The lowest BCUT2D eigenvalue weighted by Gasteiger charge is -2.28. The average molecular weight is 216 g/mol. The van der Waals surface area contributed by atoms with Crippen LogP contribution in [0.2, 0.25) is 0 Å². The second-order valence-corrected chi connectivity index (χ2v) is 3.94. The Balaban J connectivity index is 2.20. The van der Waals surface area contributed by atoms with Crippen LogP contribution in [0.15, 0.2) is 6.33 Å². The van der Waals surface area contributed by atoms with Gasteiger partial charge < -0.3 is 5.11 Å². The normalized spacial score (nSPS) is 27.9. The van der Waals surface area contributed by atoms with Crippen LogP contribution in [0.25, 0.3) is 0 Å². The van der Waals surface area contributed by atoms with E-state index in [4.69, 9.17) is 11.6 Å². The fourth-order valence-corrected chi connectivity index (χ4v) is 2.22. The highest BCUT2D eigenvalue weighted by atomic mass is 35.5. The fraction of sp³-hybridized carbons (Fsp3) is 0.778. The van der Waals surface area contributed by atoms with Crippen molar-refractivity contribution in [2.45, 2.75) is 43.7 Å². The molecule has 78 valence electrons. The molecular weight excluding hydrogens is 202 g/mol. The van der Waals surface area contributed by atoms with Gasteiger partial charge in [0.2, 0.25) is 0 Å². The van der Waals surface area contributed by atoms with Crippen molar-refractivity contribution in [3.8, 4) is 0 Å². The van der Waals surface area contributed by atoms with Gasteiger partial charge >= 0.3 is 0 Å². The molecule has 1 N–H and O–H groups in total. The molecule has 14 heavy (non-hydrogen) atoms. The van der Waals surface area contributed by atoms with Crippen LogP contribution in [0.5, 0.6) is 0 Å². The van der Waals surface area contributed by atoms with Gasteiger partial charge in [0.15, 0.2) is 0 Å². The fourth-order valence-electron chi connectivity index (χ4n) is 2.02. The lowest BCUT2D eigenvalue weighted by atomic mass is 9.93. The molecule has 0 radical (unpaired) electrons. The van der Waals surface area contributed by atoms with Gasteiger partial charge in [-0.05, 0) is 12.8 Å². The van der Waals surface area contributed by atoms with Crippen molar-refractivity contribution < 1.29 is 5.11 Å². The summed E-state index contributed by atoms with van der Waals surface area (Å²) in [6.07, 6.45) is 5.26. The maximum Gasteiger partial charge on any atom is 0.142 e. The van der Waals surface area contributed by atoms with Gasteiger partial charge in [0.25, 0.3) is 0 Å². The van der Waals surface area contributed by atoms with Crippen LogP contribution >= 0.6 is 11.6 Å². The minimum absolute atomic E-state index is 0.0694. The second kappa shape index (κ2) is 4.28. The van der Waals surface area contributed by atoms with Gasteiger partial charge in [-0.2, -0.15) is 5.10 Å². The van der Waals surface area contributed by atoms with Gasteiger partial charge in [-0.3, -0.25) is 0 Å². The van der Waals surface area contributed by atoms with E-state index in [9.17, 15) is 5.11 Å². The van der Waals surface area contributed by atoms with Crippen molar-refractivity contribution in [1.82, 2.24) is 14.8 Å². The van der Waals surface area contributed by atoms with E-state index in [-0.39, 0.29) is 12.1 Å². The number of hydrogen-bond donors (Lipinski definition) is 1. The van der Waals surface area contributed by atoms with E-state index in [1.54, 1.807) is 4.68 Å². The molecule has 1 saturated carbocycles. The second-order valence-electron chi connectivity index (χ2n) is 3.67. The van der Waals surface area contributed by atoms with Crippen molar-refractivity contribution in [3.05, 3.63) is 12.2 Å². The first-order valence-electron chi connectivity index (χ1n) is 4.95. The Labute approximate surface area is 87.9 Å². The Morgan fingerprint density at radius 1 is 1.50 bits per heavy atom. The zero-order valence-corrected chi connectivity index (χ0v) is 8.69. The van der Waals surface area contributed by atoms with E-state index < -0.39 is 0 Å². The van der Waals surface area contributed by atoms with E-state index >= 15 is 0 Å². The molecule has 1 heterocycles. The Kier molecular flexibility index (Phi) is 3.03. The van der Waals surface area contributed by atoms with Crippen molar-refractivity contribution in [2.24, 2.45) is 0 Å². The highest BCUT2D eigenvalue weighted by Crippen LogP contribution is 2.28. The third-order valence-corrected chi connectivity index (χ3v) is 3.01. The smallest absolute Gasteiger partial charge is 0.142 e. The van der Waals surface area contributed by atoms with Crippen molar-refractivity contribution >= 4 is 11.6 Å². The predicted octanol–water partition coefficient (Wildman–Crippen LogP) is 1.49. The summed E-state index contributed by atoms with van der Waals surface area (Å²) in [5, 5.41) is 14.0. The molecule has 2 unspecified atom stereocenters. The minimum Gasteiger partial charge on any atom is -0.391 e. The number of aromatic nitrogens is 3. The van der Waals surface area contributed by atoms with Crippen LogP contribution < -0.4 is 0 Å². The number of rotatable bonds is 2. The number of halogens is 1. The summed E-state index contributed by atoms with van der Waals surface area (Å²) >= 11 is 5.74. The third-order valence-electron chi connectivity index (χ3n) is 2.77. The zero-order chi connectivity index (χ0) is 9.97. The summed E-state index contributed by atoms with van der Waals surface area (Å²) in [5.74, 6) is 1.10. The molecule has 0 aromatic carbocycles. The zero-order valence-electron chi connectivity index (χ0n) is 7.93. The highest BCUT2D eigenvalue weighted by Gasteiger charge is 2.26. The van der Waals surface area contributed by atoms with E-state index in [1.807, 2.05) is 0 Å². The average Bonchev–Trinajstić information content (AvgIpc) is 2.66. The largest absolute Gasteiger partial charge is 0.391 e. The maximum atomic E-state index is 9.83. The first kappa shape index (κ1) is 9.93. The van der Waals surface area contributed by atoms with Crippen LogP contribution in [0.1, 0.15) is 37.5 Å².